The Hall–Kier alpha value is -3.59. The zero-order chi connectivity index (χ0) is 19.7. The summed E-state index contributed by atoms with van der Waals surface area (Å²) in [5, 5.41) is 0.390. The van der Waals surface area contributed by atoms with Crippen molar-refractivity contribution in [1.82, 2.24) is 19.5 Å². The number of sulfonamides is 1. The van der Waals surface area contributed by atoms with Crippen molar-refractivity contribution in [2.45, 2.75) is 11.8 Å². The largest absolute Gasteiger partial charge is 0.268 e. The molecule has 0 radical (unpaired) electrons. The molecule has 9 heteroatoms. The monoisotopic (exact) mass is 393 g/mol. The van der Waals surface area contributed by atoms with Crippen molar-refractivity contribution in [2.75, 3.05) is 4.72 Å². The molecular weight excluding hydrogens is 378 g/mol. The Kier molecular flexibility index (Phi) is 4.36. The third kappa shape index (κ3) is 3.23. The molecule has 140 valence electrons. The maximum absolute atomic E-state index is 12.8. The fourth-order valence-corrected chi connectivity index (χ4v) is 3.83. The molecule has 0 atom stereocenters. The van der Waals surface area contributed by atoms with Gasteiger partial charge in [0.25, 0.3) is 15.6 Å². The molecule has 0 aliphatic carbocycles. The van der Waals surface area contributed by atoms with Gasteiger partial charge < -0.3 is 0 Å². The van der Waals surface area contributed by atoms with Crippen molar-refractivity contribution in [3.05, 3.63) is 83.2 Å². The third-order valence-electron chi connectivity index (χ3n) is 4.12. The average molecular weight is 393 g/mol. The first kappa shape index (κ1) is 17.8. The number of hydrogen-bond donors (Lipinski definition) is 1. The molecule has 0 fully saturated rings. The molecule has 3 heterocycles. The molecule has 0 aliphatic rings. The standard InChI is InChI=1S/C19H15N5O3S/c1-13-22-18-16(5-4-12-21-18)19(25)24(13)14-7-9-15(10-8-14)28(26,27)23-17-6-2-3-11-20-17/h2-12H,1H3,(H,20,23). The number of rotatable bonds is 4. The summed E-state index contributed by atoms with van der Waals surface area (Å²) in [5.41, 5.74) is 0.621. The van der Waals surface area contributed by atoms with E-state index in [1.54, 1.807) is 55.6 Å². The number of fused-ring (bicyclic) bond motifs is 1. The molecule has 8 nitrogen and oxygen atoms in total. The lowest BCUT2D eigenvalue weighted by Crippen LogP contribution is -2.22. The summed E-state index contributed by atoms with van der Waals surface area (Å²) in [6.07, 6.45) is 3.07. The van der Waals surface area contributed by atoms with Gasteiger partial charge in [0.05, 0.1) is 16.0 Å². The molecule has 0 aliphatic heterocycles. The summed E-state index contributed by atoms with van der Waals surface area (Å²) in [6.45, 7) is 1.70. The average Bonchev–Trinajstić information content (AvgIpc) is 2.69. The Morgan fingerprint density at radius 3 is 2.39 bits per heavy atom. The normalized spacial score (nSPS) is 11.5. The first-order valence-electron chi connectivity index (χ1n) is 8.34. The number of hydrogen-bond acceptors (Lipinski definition) is 6. The number of anilines is 1. The molecule has 1 aromatic carbocycles. The summed E-state index contributed by atoms with van der Waals surface area (Å²) < 4.78 is 28.9. The molecule has 4 aromatic rings. The summed E-state index contributed by atoms with van der Waals surface area (Å²) in [7, 11) is -3.79. The van der Waals surface area contributed by atoms with E-state index >= 15 is 0 Å². The molecule has 28 heavy (non-hydrogen) atoms. The Morgan fingerprint density at radius 2 is 1.68 bits per heavy atom. The zero-order valence-electron chi connectivity index (χ0n) is 14.8. The summed E-state index contributed by atoms with van der Waals surface area (Å²) >= 11 is 0. The number of aryl methyl sites for hydroxylation is 1. The quantitative estimate of drug-likeness (QED) is 0.570. The van der Waals surface area contributed by atoms with Crippen LogP contribution in [0.4, 0.5) is 5.82 Å². The van der Waals surface area contributed by atoms with Crippen LogP contribution in [-0.2, 0) is 10.0 Å². The lowest BCUT2D eigenvalue weighted by Gasteiger charge is -2.12. The maximum atomic E-state index is 12.8. The van der Waals surface area contributed by atoms with Gasteiger partial charge in [0.15, 0.2) is 5.65 Å². The highest BCUT2D eigenvalue weighted by Crippen LogP contribution is 2.17. The van der Waals surface area contributed by atoms with Gasteiger partial charge in [-0.2, -0.15) is 0 Å². The summed E-state index contributed by atoms with van der Waals surface area (Å²) in [6, 6.07) is 14.2. The van der Waals surface area contributed by atoms with E-state index in [9.17, 15) is 13.2 Å². The van der Waals surface area contributed by atoms with Gasteiger partial charge in [-0.15, -0.1) is 0 Å². The number of aromatic nitrogens is 4. The molecule has 0 saturated heterocycles. The minimum Gasteiger partial charge on any atom is -0.268 e. The van der Waals surface area contributed by atoms with Gasteiger partial charge in [-0.25, -0.2) is 23.4 Å². The van der Waals surface area contributed by atoms with Crippen LogP contribution in [0.1, 0.15) is 5.82 Å². The van der Waals surface area contributed by atoms with Crippen molar-refractivity contribution < 1.29 is 8.42 Å². The Labute approximate surface area is 160 Å². The fourth-order valence-electron chi connectivity index (χ4n) is 2.82. The van der Waals surface area contributed by atoms with Crippen LogP contribution < -0.4 is 10.3 Å². The topological polar surface area (TPSA) is 107 Å². The molecule has 0 bridgehead atoms. The highest BCUT2D eigenvalue weighted by atomic mass is 32.2. The Morgan fingerprint density at radius 1 is 0.929 bits per heavy atom. The highest BCUT2D eigenvalue weighted by Gasteiger charge is 2.16. The van der Waals surface area contributed by atoms with Crippen LogP contribution in [-0.4, -0.2) is 27.9 Å². The van der Waals surface area contributed by atoms with Gasteiger partial charge >= 0.3 is 0 Å². The molecule has 4 rings (SSSR count). The van der Waals surface area contributed by atoms with E-state index in [1.165, 1.54) is 22.9 Å². The van der Waals surface area contributed by atoms with Gasteiger partial charge in [0.1, 0.15) is 11.6 Å². The second-order valence-corrected chi connectivity index (χ2v) is 7.67. The number of benzene rings is 1. The van der Waals surface area contributed by atoms with Gasteiger partial charge in [-0.1, -0.05) is 6.07 Å². The van der Waals surface area contributed by atoms with Gasteiger partial charge in [-0.05, 0) is 55.5 Å². The number of nitrogens with zero attached hydrogens (tertiary/aromatic N) is 4. The highest BCUT2D eigenvalue weighted by molar-refractivity contribution is 7.92. The van der Waals surface area contributed by atoms with E-state index in [0.29, 0.717) is 22.5 Å². The predicted molar refractivity (Wildman–Crippen MR) is 105 cm³/mol. The Bertz CT molecular complexity index is 1320. The predicted octanol–water partition coefficient (Wildman–Crippen LogP) is 2.28. The number of nitrogens with one attached hydrogen (secondary N) is 1. The molecule has 1 N–H and O–H groups in total. The van der Waals surface area contributed by atoms with Crippen LogP contribution in [0, 0.1) is 6.92 Å². The van der Waals surface area contributed by atoms with E-state index in [0.717, 1.165) is 0 Å². The molecule has 0 unspecified atom stereocenters. The minimum atomic E-state index is -3.79. The first-order valence-corrected chi connectivity index (χ1v) is 9.83. The van der Waals surface area contributed by atoms with Crippen LogP contribution in [0.2, 0.25) is 0 Å². The molecule has 0 spiro atoms. The van der Waals surface area contributed by atoms with E-state index in [1.807, 2.05) is 0 Å². The van der Waals surface area contributed by atoms with E-state index < -0.39 is 10.0 Å². The van der Waals surface area contributed by atoms with Gasteiger partial charge in [0.2, 0.25) is 0 Å². The van der Waals surface area contributed by atoms with Gasteiger partial charge in [-0.3, -0.25) is 14.1 Å². The van der Waals surface area contributed by atoms with Crippen LogP contribution in [0.3, 0.4) is 0 Å². The van der Waals surface area contributed by atoms with Crippen LogP contribution in [0.5, 0.6) is 0 Å². The van der Waals surface area contributed by atoms with Crippen molar-refractivity contribution in [1.29, 1.82) is 0 Å². The molecule has 0 saturated carbocycles. The Balaban J connectivity index is 1.73. The first-order chi connectivity index (χ1) is 13.5. The van der Waals surface area contributed by atoms with E-state index in [2.05, 4.69) is 19.7 Å². The lowest BCUT2D eigenvalue weighted by molar-refractivity contribution is 0.601. The van der Waals surface area contributed by atoms with Crippen molar-refractivity contribution in [3.8, 4) is 5.69 Å². The van der Waals surface area contributed by atoms with Crippen LogP contribution in [0.15, 0.2) is 76.7 Å². The van der Waals surface area contributed by atoms with Crippen LogP contribution >= 0.6 is 0 Å². The molecule has 3 aromatic heterocycles. The van der Waals surface area contributed by atoms with Crippen LogP contribution in [0.25, 0.3) is 16.7 Å². The zero-order valence-corrected chi connectivity index (χ0v) is 15.6. The maximum Gasteiger partial charge on any atom is 0.267 e. The van der Waals surface area contributed by atoms with Crippen molar-refractivity contribution >= 4 is 26.9 Å². The fraction of sp³-hybridized carbons (Fsp3) is 0.0526. The SMILES string of the molecule is Cc1nc2ncccc2c(=O)n1-c1ccc(S(=O)(=O)Nc2ccccn2)cc1. The van der Waals surface area contributed by atoms with E-state index in [4.69, 9.17) is 0 Å². The third-order valence-corrected chi connectivity index (χ3v) is 5.49. The molecular formula is C19H15N5O3S. The lowest BCUT2D eigenvalue weighted by atomic mass is 10.3. The summed E-state index contributed by atoms with van der Waals surface area (Å²) in [5.74, 6) is 0.684. The van der Waals surface area contributed by atoms with Gasteiger partial charge in [0, 0.05) is 12.4 Å². The minimum absolute atomic E-state index is 0.0584. The van der Waals surface area contributed by atoms with E-state index in [-0.39, 0.29) is 16.3 Å². The smallest absolute Gasteiger partial charge is 0.267 e. The number of pyridine rings is 2. The second-order valence-electron chi connectivity index (χ2n) is 5.99. The second kappa shape index (κ2) is 6.86. The summed E-state index contributed by atoms with van der Waals surface area (Å²) in [4.78, 5) is 25.3. The molecule has 0 amide bonds. The van der Waals surface area contributed by atoms with Crippen molar-refractivity contribution in [2.24, 2.45) is 0 Å². The van der Waals surface area contributed by atoms with Crippen molar-refractivity contribution in [3.63, 3.8) is 0 Å².